The molecule has 134 valence electrons. The van der Waals surface area contributed by atoms with Gasteiger partial charge in [-0.15, -0.1) is 0 Å². The number of likely N-dealkylation sites (N-methyl/N-ethyl adjacent to an activating group) is 1. The summed E-state index contributed by atoms with van der Waals surface area (Å²) in [5.74, 6) is 1.59. The fourth-order valence-electron chi connectivity index (χ4n) is 3.38. The van der Waals surface area contributed by atoms with Crippen LogP contribution >= 0.6 is 0 Å². The minimum absolute atomic E-state index is 0.314. The second-order valence-corrected chi connectivity index (χ2v) is 8.95. The van der Waals surface area contributed by atoms with Crippen molar-refractivity contribution in [1.29, 1.82) is 0 Å². The summed E-state index contributed by atoms with van der Waals surface area (Å²) in [6, 6.07) is 0. The van der Waals surface area contributed by atoms with Crippen LogP contribution in [0.5, 0.6) is 0 Å². The van der Waals surface area contributed by atoms with Crippen LogP contribution in [-0.2, 0) is 9.47 Å². The second kappa shape index (κ2) is 8.89. The molecule has 3 nitrogen and oxygen atoms in total. The number of hydrogen-bond donors (Lipinski definition) is 1. The van der Waals surface area contributed by atoms with E-state index in [4.69, 9.17) is 9.47 Å². The molecule has 1 aliphatic carbocycles. The Bertz CT molecular complexity index is 402. The molecule has 0 spiro atoms. The quantitative estimate of drug-likeness (QED) is 0.659. The highest BCUT2D eigenvalue weighted by Gasteiger charge is 2.32. The highest BCUT2D eigenvalue weighted by atomic mass is 16.5. The van der Waals surface area contributed by atoms with Crippen LogP contribution < -0.4 is 4.90 Å². The summed E-state index contributed by atoms with van der Waals surface area (Å²) in [7, 11) is 4.27. The Balaban J connectivity index is 2.29. The van der Waals surface area contributed by atoms with Gasteiger partial charge in [0.05, 0.1) is 27.3 Å². The van der Waals surface area contributed by atoms with E-state index in [1.807, 2.05) is 0 Å². The van der Waals surface area contributed by atoms with Gasteiger partial charge in [-0.25, -0.2) is 0 Å². The molecule has 1 aliphatic rings. The molecule has 0 heterocycles. The summed E-state index contributed by atoms with van der Waals surface area (Å²) < 4.78 is 11.4. The molecule has 0 amide bonds. The van der Waals surface area contributed by atoms with Crippen molar-refractivity contribution < 1.29 is 14.4 Å². The predicted octanol–water partition coefficient (Wildman–Crippen LogP) is 3.09. The number of rotatable bonds is 9. The van der Waals surface area contributed by atoms with Crippen molar-refractivity contribution in [2.24, 2.45) is 16.7 Å². The molecule has 1 rings (SSSR count). The standard InChI is InChI=1S/C20H37NO2/c1-19(2,3)16-20(4,5)17-8-10-18(11-9-17)23-15-14-22-13-12-21(6)7/h8,10-11,17H,9,12-16H2,1-7H3/p+1. The van der Waals surface area contributed by atoms with Gasteiger partial charge in [-0.3, -0.25) is 0 Å². The highest BCUT2D eigenvalue weighted by molar-refractivity contribution is 5.20. The number of nitrogens with one attached hydrogen (secondary N) is 1. The fraction of sp³-hybridized carbons (Fsp3) is 0.800. The van der Waals surface area contributed by atoms with E-state index in [9.17, 15) is 0 Å². The lowest BCUT2D eigenvalue weighted by Crippen LogP contribution is -3.06. The molecule has 1 N–H and O–H groups in total. The lowest BCUT2D eigenvalue weighted by molar-refractivity contribution is -0.858. The number of ether oxygens (including phenoxy) is 2. The van der Waals surface area contributed by atoms with Gasteiger partial charge < -0.3 is 14.4 Å². The Morgan fingerprint density at radius 3 is 2.30 bits per heavy atom. The maximum Gasteiger partial charge on any atom is 0.115 e. The van der Waals surface area contributed by atoms with Gasteiger partial charge in [0, 0.05) is 0 Å². The van der Waals surface area contributed by atoms with Crippen LogP contribution in [-0.4, -0.2) is 40.5 Å². The molecule has 0 saturated carbocycles. The largest absolute Gasteiger partial charge is 0.492 e. The van der Waals surface area contributed by atoms with Gasteiger partial charge in [0.2, 0.25) is 0 Å². The molecule has 0 aromatic heterocycles. The molecule has 0 aliphatic heterocycles. The van der Waals surface area contributed by atoms with Gasteiger partial charge in [0.1, 0.15) is 18.9 Å². The average molecular weight is 325 g/mol. The Kier molecular flexibility index (Phi) is 7.82. The van der Waals surface area contributed by atoms with Gasteiger partial charge in [0.15, 0.2) is 0 Å². The van der Waals surface area contributed by atoms with Gasteiger partial charge in [-0.05, 0) is 41.7 Å². The van der Waals surface area contributed by atoms with Gasteiger partial charge in [-0.1, -0.05) is 40.7 Å². The molecule has 1 atom stereocenters. The molecule has 0 aromatic rings. The summed E-state index contributed by atoms with van der Waals surface area (Å²) in [5.41, 5.74) is 0.678. The first-order chi connectivity index (χ1) is 10.6. The molecule has 0 saturated heterocycles. The summed E-state index contributed by atoms with van der Waals surface area (Å²) in [6.45, 7) is 14.9. The van der Waals surface area contributed by atoms with Crippen LogP contribution in [0.3, 0.4) is 0 Å². The molecule has 0 bridgehead atoms. The second-order valence-electron chi connectivity index (χ2n) is 8.95. The number of hydrogen-bond acceptors (Lipinski definition) is 2. The van der Waals surface area contributed by atoms with Crippen LogP contribution in [0.15, 0.2) is 24.0 Å². The van der Waals surface area contributed by atoms with Crippen molar-refractivity contribution in [3.63, 3.8) is 0 Å². The molecule has 0 radical (unpaired) electrons. The zero-order valence-corrected chi connectivity index (χ0v) is 16.4. The number of quaternary nitrogens is 1. The van der Waals surface area contributed by atoms with E-state index < -0.39 is 0 Å². The van der Waals surface area contributed by atoms with E-state index in [2.05, 4.69) is 66.9 Å². The summed E-state index contributed by atoms with van der Waals surface area (Å²) in [4.78, 5) is 1.41. The third-order valence-corrected chi connectivity index (χ3v) is 4.30. The minimum Gasteiger partial charge on any atom is -0.492 e. The third kappa shape index (κ3) is 8.57. The summed E-state index contributed by atoms with van der Waals surface area (Å²) in [6.07, 6.45) is 9.00. The zero-order valence-electron chi connectivity index (χ0n) is 16.4. The SMILES string of the molecule is C[NH+](C)CCOCCOC1=CCC(C(C)(C)CC(C)(C)C)C=C1. The molecule has 0 fully saturated rings. The minimum atomic E-state index is 0.314. The zero-order chi connectivity index (χ0) is 17.5. The first-order valence-corrected chi connectivity index (χ1v) is 8.98. The first kappa shape index (κ1) is 20.2. The van der Waals surface area contributed by atoms with E-state index in [-0.39, 0.29) is 0 Å². The maximum absolute atomic E-state index is 5.79. The Morgan fingerprint density at radius 2 is 1.78 bits per heavy atom. The van der Waals surface area contributed by atoms with E-state index in [0.29, 0.717) is 30.0 Å². The Hall–Kier alpha value is -0.800. The third-order valence-electron chi connectivity index (χ3n) is 4.30. The first-order valence-electron chi connectivity index (χ1n) is 8.98. The van der Waals surface area contributed by atoms with Gasteiger partial charge in [0.25, 0.3) is 0 Å². The molecular weight excluding hydrogens is 286 g/mol. The van der Waals surface area contributed by atoms with Gasteiger partial charge >= 0.3 is 0 Å². The van der Waals surface area contributed by atoms with Crippen LogP contribution in [0.2, 0.25) is 0 Å². The molecule has 3 heteroatoms. The molecule has 1 unspecified atom stereocenters. The lowest BCUT2D eigenvalue weighted by atomic mass is 9.67. The average Bonchev–Trinajstić information content (AvgIpc) is 2.40. The topological polar surface area (TPSA) is 22.9 Å². The van der Waals surface area contributed by atoms with Crippen molar-refractivity contribution in [3.8, 4) is 0 Å². The van der Waals surface area contributed by atoms with E-state index in [0.717, 1.165) is 25.3 Å². The van der Waals surface area contributed by atoms with Crippen molar-refractivity contribution in [2.75, 3.05) is 40.5 Å². The fourth-order valence-corrected chi connectivity index (χ4v) is 3.38. The van der Waals surface area contributed by atoms with Crippen molar-refractivity contribution in [3.05, 3.63) is 24.0 Å². The smallest absolute Gasteiger partial charge is 0.115 e. The van der Waals surface area contributed by atoms with E-state index in [1.165, 1.54) is 11.3 Å². The lowest BCUT2D eigenvalue weighted by Gasteiger charge is -2.38. The number of allylic oxidation sites excluding steroid dienone is 3. The van der Waals surface area contributed by atoms with Crippen LogP contribution in [0.1, 0.15) is 47.5 Å². The van der Waals surface area contributed by atoms with Crippen LogP contribution in [0.25, 0.3) is 0 Å². The predicted molar refractivity (Wildman–Crippen MR) is 97.6 cm³/mol. The normalized spacial score (nSPS) is 19.1. The van der Waals surface area contributed by atoms with E-state index in [1.54, 1.807) is 0 Å². The van der Waals surface area contributed by atoms with Crippen molar-refractivity contribution in [2.45, 2.75) is 47.5 Å². The molecular formula is C20H38NO2+. The molecule has 0 aromatic carbocycles. The van der Waals surface area contributed by atoms with Crippen molar-refractivity contribution >= 4 is 0 Å². The summed E-state index contributed by atoms with van der Waals surface area (Å²) >= 11 is 0. The maximum atomic E-state index is 5.79. The van der Waals surface area contributed by atoms with Gasteiger partial charge in [-0.2, -0.15) is 0 Å². The Labute approximate surface area is 143 Å². The Morgan fingerprint density at radius 1 is 1.09 bits per heavy atom. The molecule has 23 heavy (non-hydrogen) atoms. The van der Waals surface area contributed by atoms with Crippen LogP contribution in [0, 0.1) is 16.7 Å². The van der Waals surface area contributed by atoms with Crippen molar-refractivity contribution in [1.82, 2.24) is 0 Å². The monoisotopic (exact) mass is 324 g/mol. The highest BCUT2D eigenvalue weighted by Crippen LogP contribution is 2.42. The van der Waals surface area contributed by atoms with Crippen LogP contribution in [0.4, 0.5) is 0 Å². The van der Waals surface area contributed by atoms with E-state index >= 15 is 0 Å². The summed E-state index contributed by atoms with van der Waals surface area (Å²) in [5, 5.41) is 0.